The van der Waals surface area contributed by atoms with Gasteiger partial charge in [0, 0.05) is 19.4 Å². The summed E-state index contributed by atoms with van der Waals surface area (Å²) in [7, 11) is 1.79. The fraction of sp³-hybridized carbons (Fsp3) is 0.455. The number of nitrogens with zero attached hydrogens (tertiary/aromatic N) is 6. The first-order valence-electron chi connectivity index (χ1n) is 5.78. The number of hydrogen-bond acceptors (Lipinski definition) is 7. The van der Waals surface area contributed by atoms with E-state index in [1.54, 1.807) is 35.2 Å². The lowest BCUT2D eigenvalue weighted by molar-refractivity contribution is 0.215. The van der Waals surface area contributed by atoms with E-state index in [1.807, 2.05) is 13.8 Å². The van der Waals surface area contributed by atoms with Gasteiger partial charge in [0.15, 0.2) is 0 Å². The maximum Gasteiger partial charge on any atom is 0.241 e. The lowest BCUT2D eigenvalue weighted by atomic mass is 10.1. The Morgan fingerprint density at radius 1 is 1.37 bits per heavy atom. The summed E-state index contributed by atoms with van der Waals surface area (Å²) >= 11 is 0. The SMILES string of the molecule is CN(c1nc(N)nc(-n2ccnc2)n1)C(C)(C)CO. The largest absolute Gasteiger partial charge is 0.394 e. The van der Waals surface area contributed by atoms with Crippen LogP contribution in [0.4, 0.5) is 11.9 Å². The highest BCUT2D eigenvalue weighted by atomic mass is 16.3. The third-order valence-electron chi connectivity index (χ3n) is 2.96. The van der Waals surface area contributed by atoms with E-state index in [0.717, 1.165) is 0 Å². The summed E-state index contributed by atoms with van der Waals surface area (Å²) in [5, 5.41) is 9.39. The molecule has 8 heteroatoms. The van der Waals surface area contributed by atoms with Crippen LogP contribution in [0, 0.1) is 0 Å². The molecular formula is C11H17N7O. The number of aliphatic hydroxyl groups excluding tert-OH is 1. The Hall–Kier alpha value is -2.22. The quantitative estimate of drug-likeness (QED) is 0.789. The summed E-state index contributed by atoms with van der Waals surface area (Å²) < 4.78 is 1.64. The van der Waals surface area contributed by atoms with Gasteiger partial charge in [0.1, 0.15) is 6.33 Å². The Bertz CT molecular complexity index is 552. The van der Waals surface area contributed by atoms with Crippen LogP contribution in [0.25, 0.3) is 5.95 Å². The van der Waals surface area contributed by atoms with Crippen molar-refractivity contribution in [3.05, 3.63) is 18.7 Å². The molecule has 2 aromatic heterocycles. The lowest BCUT2D eigenvalue weighted by Gasteiger charge is -2.33. The summed E-state index contributed by atoms with van der Waals surface area (Å²) in [4.78, 5) is 18.2. The van der Waals surface area contributed by atoms with Gasteiger partial charge >= 0.3 is 0 Å². The van der Waals surface area contributed by atoms with Crippen molar-refractivity contribution < 1.29 is 5.11 Å². The second-order valence-electron chi connectivity index (χ2n) is 4.79. The maximum absolute atomic E-state index is 9.39. The molecule has 2 heterocycles. The number of imidazole rings is 1. The average Bonchev–Trinajstić information content (AvgIpc) is 2.91. The molecule has 0 aliphatic rings. The number of rotatable bonds is 4. The highest BCUT2D eigenvalue weighted by molar-refractivity contribution is 5.39. The molecule has 0 aromatic carbocycles. The topological polar surface area (TPSA) is 106 Å². The van der Waals surface area contributed by atoms with Gasteiger partial charge in [-0.05, 0) is 13.8 Å². The van der Waals surface area contributed by atoms with Crippen LogP contribution in [0.1, 0.15) is 13.8 Å². The lowest BCUT2D eigenvalue weighted by Crippen LogP contribution is -2.45. The molecule has 0 atom stereocenters. The zero-order valence-corrected chi connectivity index (χ0v) is 11.1. The molecule has 0 amide bonds. The first-order valence-corrected chi connectivity index (χ1v) is 5.78. The average molecular weight is 263 g/mol. The minimum Gasteiger partial charge on any atom is -0.394 e. The van der Waals surface area contributed by atoms with Gasteiger partial charge in [0.05, 0.1) is 12.1 Å². The van der Waals surface area contributed by atoms with E-state index in [0.29, 0.717) is 11.9 Å². The monoisotopic (exact) mass is 263 g/mol. The van der Waals surface area contributed by atoms with Crippen LogP contribution in [0.2, 0.25) is 0 Å². The Morgan fingerprint density at radius 2 is 2.11 bits per heavy atom. The zero-order chi connectivity index (χ0) is 14.0. The molecular weight excluding hydrogens is 246 g/mol. The van der Waals surface area contributed by atoms with Gasteiger partial charge in [-0.2, -0.15) is 15.0 Å². The van der Waals surface area contributed by atoms with Gasteiger partial charge < -0.3 is 15.7 Å². The van der Waals surface area contributed by atoms with E-state index in [-0.39, 0.29) is 12.6 Å². The smallest absolute Gasteiger partial charge is 0.241 e. The molecule has 0 radical (unpaired) electrons. The number of aliphatic hydroxyl groups is 1. The fourth-order valence-corrected chi connectivity index (χ4v) is 1.39. The Kier molecular flexibility index (Phi) is 3.34. The standard InChI is InChI=1S/C11H17N7O/c1-11(2,6-19)17(3)9-14-8(12)15-10(16-9)18-5-4-13-7-18/h4-5,7,19H,6H2,1-3H3,(H2,12,14,15,16). The van der Waals surface area contributed by atoms with Gasteiger partial charge in [0.2, 0.25) is 17.8 Å². The summed E-state index contributed by atoms with van der Waals surface area (Å²) in [6.07, 6.45) is 4.92. The highest BCUT2D eigenvalue weighted by Crippen LogP contribution is 2.19. The molecule has 0 aliphatic heterocycles. The highest BCUT2D eigenvalue weighted by Gasteiger charge is 2.25. The van der Waals surface area contributed by atoms with Crippen molar-refractivity contribution in [2.24, 2.45) is 0 Å². The molecule has 102 valence electrons. The van der Waals surface area contributed by atoms with E-state index < -0.39 is 5.54 Å². The van der Waals surface area contributed by atoms with E-state index >= 15 is 0 Å². The first-order chi connectivity index (χ1) is 8.94. The molecule has 3 N–H and O–H groups in total. The van der Waals surface area contributed by atoms with Gasteiger partial charge in [0.25, 0.3) is 0 Å². The van der Waals surface area contributed by atoms with Gasteiger partial charge in [-0.25, -0.2) is 4.98 Å². The van der Waals surface area contributed by atoms with Crippen molar-refractivity contribution in [3.63, 3.8) is 0 Å². The molecule has 8 nitrogen and oxygen atoms in total. The number of hydrogen-bond donors (Lipinski definition) is 2. The van der Waals surface area contributed by atoms with E-state index in [4.69, 9.17) is 5.73 Å². The molecule has 0 bridgehead atoms. The van der Waals surface area contributed by atoms with Crippen LogP contribution >= 0.6 is 0 Å². The summed E-state index contributed by atoms with van der Waals surface area (Å²) in [6, 6.07) is 0. The van der Waals surface area contributed by atoms with Crippen molar-refractivity contribution in [2.45, 2.75) is 19.4 Å². The van der Waals surface area contributed by atoms with Crippen LogP contribution in [-0.4, -0.2) is 48.8 Å². The van der Waals surface area contributed by atoms with Crippen molar-refractivity contribution in [2.75, 3.05) is 24.3 Å². The Labute approximate surface area is 111 Å². The second kappa shape index (κ2) is 4.81. The van der Waals surface area contributed by atoms with Crippen LogP contribution in [-0.2, 0) is 0 Å². The molecule has 19 heavy (non-hydrogen) atoms. The minimum absolute atomic E-state index is 0.0322. The number of aromatic nitrogens is 5. The molecule has 0 spiro atoms. The molecule has 0 unspecified atom stereocenters. The third kappa shape index (κ3) is 2.63. The summed E-state index contributed by atoms with van der Waals surface area (Å²) in [5.41, 5.74) is 5.20. The van der Waals surface area contributed by atoms with Gasteiger partial charge in [-0.3, -0.25) is 4.57 Å². The molecule has 0 saturated carbocycles. The van der Waals surface area contributed by atoms with E-state index in [2.05, 4.69) is 19.9 Å². The number of nitrogen functional groups attached to an aromatic ring is 1. The van der Waals surface area contributed by atoms with Crippen LogP contribution in [0.15, 0.2) is 18.7 Å². The minimum atomic E-state index is -0.500. The number of nitrogens with two attached hydrogens (primary N) is 1. The van der Waals surface area contributed by atoms with Crippen molar-refractivity contribution in [1.82, 2.24) is 24.5 Å². The van der Waals surface area contributed by atoms with Crippen molar-refractivity contribution in [3.8, 4) is 5.95 Å². The van der Waals surface area contributed by atoms with Crippen LogP contribution in [0.5, 0.6) is 0 Å². The van der Waals surface area contributed by atoms with Gasteiger partial charge in [-0.1, -0.05) is 0 Å². The second-order valence-corrected chi connectivity index (χ2v) is 4.79. The first kappa shape index (κ1) is 13.2. The molecule has 0 fully saturated rings. The fourth-order valence-electron chi connectivity index (χ4n) is 1.39. The van der Waals surface area contributed by atoms with Crippen LogP contribution in [0.3, 0.4) is 0 Å². The number of likely N-dealkylation sites (N-methyl/N-ethyl adjacent to an activating group) is 1. The van der Waals surface area contributed by atoms with E-state index in [1.165, 1.54) is 0 Å². The molecule has 2 rings (SSSR count). The Balaban J connectivity index is 2.43. The predicted molar refractivity (Wildman–Crippen MR) is 70.9 cm³/mol. The number of anilines is 2. The van der Waals surface area contributed by atoms with Crippen molar-refractivity contribution >= 4 is 11.9 Å². The zero-order valence-electron chi connectivity index (χ0n) is 11.1. The third-order valence-corrected chi connectivity index (χ3v) is 2.96. The van der Waals surface area contributed by atoms with Crippen LogP contribution < -0.4 is 10.6 Å². The Morgan fingerprint density at radius 3 is 2.68 bits per heavy atom. The summed E-state index contributed by atoms with van der Waals surface area (Å²) in [5.74, 6) is 0.908. The molecule has 0 aliphatic carbocycles. The van der Waals surface area contributed by atoms with Gasteiger partial charge in [-0.15, -0.1) is 0 Å². The normalized spacial score (nSPS) is 11.6. The molecule has 0 saturated heterocycles. The molecule has 2 aromatic rings. The van der Waals surface area contributed by atoms with E-state index in [9.17, 15) is 5.11 Å². The van der Waals surface area contributed by atoms with Crippen molar-refractivity contribution in [1.29, 1.82) is 0 Å². The maximum atomic E-state index is 9.39. The summed E-state index contributed by atoms with van der Waals surface area (Å²) in [6.45, 7) is 3.73. The predicted octanol–water partition coefficient (Wildman–Crippen LogP) is -0.153.